The lowest BCUT2D eigenvalue weighted by atomic mass is 10.2. The lowest BCUT2D eigenvalue weighted by Crippen LogP contribution is -2.12. The first kappa shape index (κ1) is 17.5. The van der Waals surface area contributed by atoms with E-state index in [2.05, 4.69) is 0 Å². The van der Waals surface area contributed by atoms with E-state index in [9.17, 15) is 9.59 Å². The second-order valence-corrected chi connectivity index (χ2v) is 5.61. The van der Waals surface area contributed by atoms with Crippen LogP contribution in [0.15, 0.2) is 48.5 Å². The molecule has 5 heteroatoms. The number of ether oxygens (including phenoxy) is 3. The van der Waals surface area contributed by atoms with Crippen molar-refractivity contribution in [1.29, 1.82) is 0 Å². The van der Waals surface area contributed by atoms with E-state index in [1.807, 2.05) is 13.8 Å². The summed E-state index contributed by atoms with van der Waals surface area (Å²) < 4.78 is 15.6. The van der Waals surface area contributed by atoms with Crippen LogP contribution in [-0.2, 0) is 4.74 Å². The molecule has 2 aromatic carbocycles. The summed E-state index contributed by atoms with van der Waals surface area (Å²) in [6.07, 6.45) is 0. The van der Waals surface area contributed by atoms with Crippen LogP contribution in [0, 0.1) is 5.92 Å². The zero-order valence-electron chi connectivity index (χ0n) is 13.9. The van der Waals surface area contributed by atoms with Crippen molar-refractivity contribution in [2.75, 3.05) is 13.7 Å². The Morgan fingerprint density at radius 3 is 2.46 bits per heavy atom. The second kappa shape index (κ2) is 8.15. The Morgan fingerprint density at radius 2 is 1.75 bits per heavy atom. The van der Waals surface area contributed by atoms with Gasteiger partial charge in [0.15, 0.2) is 0 Å². The van der Waals surface area contributed by atoms with Crippen molar-refractivity contribution < 1.29 is 23.8 Å². The van der Waals surface area contributed by atoms with Crippen LogP contribution < -0.4 is 9.47 Å². The molecule has 0 radical (unpaired) electrons. The van der Waals surface area contributed by atoms with Gasteiger partial charge >= 0.3 is 11.9 Å². The largest absolute Gasteiger partial charge is 0.496 e. The highest BCUT2D eigenvalue weighted by Crippen LogP contribution is 2.21. The minimum Gasteiger partial charge on any atom is -0.496 e. The van der Waals surface area contributed by atoms with E-state index >= 15 is 0 Å². The van der Waals surface area contributed by atoms with E-state index in [1.165, 1.54) is 13.2 Å². The van der Waals surface area contributed by atoms with Gasteiger partial charge in [0.05, 0.1) is 19.3 Å². The fraction of sp³-hybridized carbons (Fsp3) is 0.263. The predicted octanol–water partition coefficient (Wildman–Crippen LogP) is 3.73. The molecule has 0 unspecified atom stereocenters. The molecule has 0 amide bonds. The van der Waals surface area contributed by atoms with Gasteiger partial charge in [-0.2, -0.15) is 0 Å². The number of methoxy groups -OCH3 is 1. The molecule has 0 saturated carbocycles. The summed E-state index contributed by atoms with van der Waals surface area (Å²) >= 11 is 0. The Balaban J connectivity index is 2.11. The molecule has 24 heavy (non-hydrogen) atoms. The Labute approximate surface area is 141 Å². The maximum absolute atomic E-state index is 12.3. The van der Waals surface area contributed by atoms with E-state index in [0.29, 0.717) is 23.5 Å². The highest BCUT2D eigenvalue weighted by Gasteiger charge is 2.15. The van der Waals surface area contributed by atoms with Gasteiger partial charge in [-0.05, 0) is 36.2 Å². The lowest BCUT2D eigenvalue weighted by molar-refractivity contribution is 0.0457. The summed E-state index contributed by atoms with van der Waals surface area (Å²) in [5, 5.41) is 0. The van der Waals surface area contributed by atoms with Crippen LogP contribution in [0.3, 0.4) is 0 Å². The van der Waals surface area contributed by atoms with E-state index in [-0.39, 0.29) is 11.7 Å². The Bertz CT molecular complexity index is 721. The molecular formula is C19H20O5. The summed E-state index contributed by atoms with van der Waals surface area (Å²) in [5.41, 5.74) is 0.647. The van der Waals surface area contributed by atoms with Crippen LogP contribution in [0.4, 0.5) is 0 Å². The fourth-order valence-electron chi connectivity index (χ4n) is 1.99. The van der Waals surface area contributed by atoms with Gasteiger partial charge in [-0.25, -0.2) is 9.59 Å². The fourth-order valence-corrected chi connectivity index (χ4v) is 1.99. The van der Waals surface area contributed by atoms with Crippen molar-refractivity contribution in [3.05, 3.63) is 59.7 Å². The third-order valence-electron chi connectivity index (χ3n) is 3.15. The Morgan fingerprint density at radius 1 is 1.00 bits per heavy atom. The first-order chi connectivity index (χ1) is 11.5. The number of benzene rings is 2. The van der Waals surface area contributed by atoms with Crippen LogP contribution in [0.5, 0.6) is 11.5 Å². The van der Waals surface area contributed by atoms with Crippen molar-refractivity contribution in [2.24, 2.45) is 5.92 Å². The molecule has 5 nitrogen and oxygen atoms in total. The number of esters is 2. The molecule has 0 aromatic heterocycles. The molecule has 2 rings (SSSR count). The van der Waals surface area contributed by atoms with Crippen LogP contribution in [0.1, 0.15) is 34.6 Å². The molecule has 0 saturated heterocycles. The maximum atomic E-state index is 12.3. The number of rotatable bonds is 6. The van der Waals surface area contributed by atoms with E-state index < -0.39 is 11.9 Å². The van der Waals surface area contributed by atoms with Gasteiger partial charge in [-0.1, -0.05) is 32.0 Å². The van der Waals surface area contributed by atoms with Gasteiger partial charge in [0.25, 0.3) is 0 Å². The molecule has 0 bridgehead atoms. The van der Waals surface area contributed by atoms with E-state index in [0.717, 1.165) is 0 Å². The molecule has 0 aliphatic rings. The lowest BCUT2D eigenvalue weighted by Gasteiger charge is -2.10. The number of carbonyl (C=O) groups is 2. The summed E-state index contributed by atoms with van der Waals surface area (Å²) in [4.78, 5) is 24.2. The molecule has 126 valence electrons. The van der Waals surface area contributed by atoms with Gasteiger partial charge in [0, 0.05) is 0 Å². The van der Waals surface area contributed by atoms with Gasteiger partial charge in [-0.3, -0.25) is 0 Å². The number of hydrogen-bond donors (Lipinski definition) is 0. The third kappa shape index (κ3) is 4.59. The second-order valence-electron chi connectivity index (χ2n) is 5.61. The van der Waals surface area contributed by atoms with Gasteiger partial charge in [0.1, 0.15) is 17.1 Å². The molecule has 0 fully saturated rings. The Kier molecular flexibility index (Phi) is 5.95. The smallest absolute Gasteiger partial charge is 0.347 e. The van der Waals surface area contributed by atoms with Gasteiger partial charge in [0.2, 0.25) is 0 Å². The third-order valence-corrected chi connectivity index (χ3v) is 3.15. The van der Waals surface area contributed by atoms with Crippen LogP contribution in [-0.4, -0.2) is 25.7 Å². The monoisotopic (exact) mass is 328 g/mol. The highest BCUT2D eigenvalue weighted by molar-refractivity contribution is 5.94. The predicted molar refractivity (Wildman–Crippen MR) is 89.5 cm³/mol. The van der Waals surface area contributed by atoms with Crippen molar-refractivity contribution in [1.82, 2.24) is 0 Å². The van der Waals surface area contributed by atoms with Gasteiger partial charge in [-0.15, -0.1) is 0 Å². The number of hydrogen-bond acceptors (Lipinski definition) is 5. The first-order valence-electron chi connectivity index (χ1n) is 7.63. The molecule has 0 N–H and O–H groups in total. The molecule has 2 aromatic rings. The molecule has 0 spiro atoms. The van der Waals surface area contributed by atoms with Crippen LogP contribution in [0.25, 0.3) is 0 Å². The zero-order chi connectivity index (χ0) is 17.5. The summed E-state index contributed by atoms with van der Waals surface area (Å²) in [7, 11) is 1.48. The minimum atomic E-state index is -0.555. The van der Waals surface area contributed by atoms with Crippen LogP contribution in [0.2, 0.25) is 0 Å². The normalized spacial score (nSPS) is 10.3. The molecular weight excluding hydrogens is 308 g/mol. The SMILES string of the molecule is COc1ccccc1C(=O)Oc1cccc(C(=O)OCC(C)C)c1. The number of carbonyl (C=O) groups excluding carboxylic acids is 2. The average Bonchev–Trinajstić information content (AvgIpc) is 2.59. The molecule has 0 heterocycles. The van der Waals surface area contributed by atoms with Crippen molar-refractivity contribution in [3.63, 3.8) is 0 Å². The Hall–Kier alpha value is -2.82. The maximum Gasteiger partial charge on any atom is 0.347 e. The van der Waals surface area contributed by atoms with E-state index in [4.69, 9.17) is 14.2 Å². The van der Waals surface area contributed by atoms with Crippen molar-refractivity contribution in [3.8, 4) is 11.5 Å². The minimum absolute atomic E-state index is 0.250. The average molecular weight is 328 g/mol. The standard InChI is InChI=1S/C19H20O5/c1-13(2)12-23-18(20)14-7-6-8-15(11-14)24-19(21)16-9-4-5-10-17(16)22-3/h4-11,13H,12H2,1-3H3. The highest BCUT2D eigenvalue weighted by atomic mass is 16.5. The molecule has 0 aliphatic heterocycles. The first-order valence-corrected chi connectivity index (χ1v) is 7.63. The zero-order valence-corrected chi connectivity index (χ0v) is 13.9. The molecule has 0 aliphatic carbocycles. The van der Waals surface area contributed by atoms with Crippen LogP contribution >= 0.6 is 0 Å². The molecule has 0 atom stereocenters. The van der Waals surface area contributed by atoms with E-state index in [1.54, 1.807) is 42.5 Å². The summed E-state index contributed by atoms with van der Waals surface area (Å²) in [6.45, 7) is 4.25. The summed E-state index contributed by atoms with van der Waals surface area (Å²) in [6, 6.07) is 13.1. The summed E-state index contributed by atoms with van der Waals surface area (Å²) in [5.74, 6) is -0.0561. The topological polar surface area (TPSA) is 61.8 Å². The van der Waals surface area contributed by atoms with Gasteiger partial charge < -0.3 is 14.2 Å². The van der Waals surface area contributed by atoms with Crippen molar-refractivity contribution >= 4 is 11.9 Å². The van der Waals surface area contributed by atoms with Crippen molar-refractivity contribution in [2.45, 2.75) is 13.8 Å². The quantitative estimate of drug-likeness (QED) is 0.597. The number of para-hydroxylation sites is 1.